The Kier molecular flexibility index (Phi) is 3.81. The molecule has 0 aromatic rings. The summed E-state index contributed by atoms with van der Waals surface area (Å²) < 4.78 is 0. The van der Waals surface area contributed by atoms with Crippen LogP contribution in [0, 0.1) is 17.8 Å². The Morgan fingerprint density at radius 3 is 2.92 bits per heavy atom. The molecule has 1 rings (SSSR count). The second kappa shape index (κ2) is 4.67. The van der Waals surface area contributed by atoms with Gasteiger partial charge in [0, 0.05) is 19.5 Å². The molecule has 74 valence electrons. The van der Waals surface area contributed by atoms with Crippen molar-refractivity contribution in [2.45, 2.75) is 39.5 Å². The summed E-state index contributed by atoms with van der Waals surface area (Å²) in [6.45, 7) is 8.27. The first-order valence-electron chi connectivity index (χ1n) is 5.36. The second-order valence-corrected chi connectivity index (χ2v) is 4.50. The molecule has 0 aromatic carbocycles. The zero-order valence-corrected chi connectivity index (χ0v) is 8.97. The third kappa shape index (κ3) is 3.04. The fourth-order valence-electron chi connectivity index (χ4n) is 2.13. The summed E-state index contributed by atoms with van der Waals surface area (Å²) in [6, 6.07) is 0. The lowest BCUT2D eigenvalue weighted by Gasteiger charge is -2.39. The molecule has 1 atom stereocenters. The van der Waals surface area contributed by atoms with Gasteiger partial charge in [-0.1, -0.05) is 13.8 Å². The highest BCUT2D eigenvalue weighted by atomic mass is 15.1. The molecule has 13 heavy (non-hydrogen) atoms. The van der Waals surface area contributed by atoms with Crippen molar-refractivity contribution in [1.82, 2.24) is 4.90 Å². The van der Waals surface area contributed by atoms with Gasteiger partial charge < -0.3 is 4.90 Å². The van der Waals surface area contributed by atoms with Crippen LogP contribution in [0.5, 0.6) is 0 Å². The summed E-state index contributed by atoms with van der Waals surface area (Å²) in [7, 11) is 0. The maximum Gasteiger partial charge on any atom is 0.0214 e. The minimum Gasteiger partial charge on any atom is -0.302 e. The molecule has 1 heteroatoms. The van der Waals surface area contributed by atoms with Crippen molar-refractivity contribution in [2.75, 3.05) is 19.6 Å². The third-order valence-electron chi connectivity index (χ3n) is 3.29. The first-order valence-corrected chi connectivity index (χ1v) is 5.36. The molecule has 0 aliphatic carbocycles. The van der Waals surface area contributed by atoms with Gasteiger partial charge in [-0.05, 0) is 31.2 Å². The number of rotatable bonds is 3. The summed E-state index contributed by atoms with van der Waals surface area (Å²) >= 11 is 0. The van der Waals surface area contributed by atoms with Gasteiger partial charge in [0.1, 0.15) is 0 Å². The predicted molar refractivity (Wildman–Crippen MR) is 57.5 cm³/mol. The molecular weight excluding hydrogens is 158 g/mol. The fraction of sp³-hybridized carbons (Fsp3) is 0.833. The molecule has 1 unspecified atom stereocenters. The van der Waals surface area contributed by atoms with Crippen LogP contribution < -0.4 is 0 Å². The molecule has 0 saturated carbocycles. The Morgan fingerprint density at radius 1 is 1.54 bits per heavy atom. The minimum absolute atomic E-state index is 0.548. The second-order valence-electron chi connectivity index (χ2n) is 4.50. The third-order valence-corrected chi connectivity index (χ3v) is 3.29. The van der Waals surface area contributed by atoms with Gasteiger partial charge in [-0.15, -0.1) is 12.3 Å². The van der Waals surface area contributed by atoms with Crippen LogP contribution in [0.15, 0.2) is 0 Å². The average Bonchev–Trinajstić information content (AvgIpc) is 2.15. The molecule has 1 fully saturated rings. The first-order chi connectivity index (χ1) is 6.20. The predicted octanol–water partition coefficient (Wildman–Crippen LogP) is 2.52. The first kappa shape index (κ1) is 10.6. The SMILES string of the molecule is C#CCCN1CCCC(C)(CC)C1. The molecule has 1 saturated heterocycles. The lowest BCUT2D eigenvalue weighted by molar-refractivity contribution is 0.101. The summed E-state index contributed by atoms with van der Waals surface area (Å²) in [4.78, 5) is 2.52. The maximum absolute atomic E-state index is 5.27. The van der Waals surface area contributed by atoms with Gasteiger partial charge in [-0.3, -0.25) is 0 Å². The monoisotopic (exact) mass is 179 g/mol. The molecule has 0 aromatic heterocycles. The smallest absolute Gasteiger partial charge is 0.0214 e. The van der Waals surface area contributed by atoms with Crippen molar-refractivity contribution in [2.24, 2.45) is 5.41 Å². The van der Waals surface area contributed by atoms with Crippen molar-refractivity contribution in [1.29, 1.82) is 0 Å². The van der Waals surface area contributed by atoms with Gasteiger partial charge >= 0.3 is 0 Å². The van der Waals surface area contributed by atoms with E-state index in [2.05, 4.69) is 24.7 Å². The van der Waals surface area contributed by atoms with Crippen molar-refractivity contribution < 1.29 is 0 Å². The Hall–Kier alpha value is -0.480. The lowest BCUT2D eigenvalue weighted by Crippen LogP contribution is -2.41. The number of hydrogen-bond acceptors (Lipinski definition) is 1. The van der Waals surface area contributed by atoms with Crippen LogP contribution in [0.4, 0.5) is 0 Å². The molecule has 1 aliphatic rings. The van der Waals surface area contributed by atoms with E-state index in [-0.39, 0.29) is 0 Å². The van der Waals surface area contributed by atoms with Crippen LogP contribution in [-0.2, 0) is 0 Å². The Morgan fingerprint density at radius 2 is 2.31 bits per heavy atom. The Balaban J connectivity index is 2.38. The van der Waals surface area contributed by atoms with Gasteiger partial charge in [0.25, 0.3) is 0 Å². The lowest BCUT2D eigenvalue weighted by atomic mass is 9.79. The van der Waals surface area contributed by atoms with E-state index >= 15 is 0 Å². The molecule has 0 spiro atoms. The minimum atomic E-state index is 0.548. The zero-order chi connectivity index (χ0) is 9.73. The topological polar surface area (TPSA) is 3.24 Å². The Labute approximate surface area is 82.5 Å². The highest BCUT2D eigenvalue weighted by Crippen LogP contribution is 2.32. The molecule has 0 bridgehead atoms. The van der Waals surface area contributed by atoms with E-state index in [1.54, 1.807) is 0 Å². The van der Waals surface area contributed by atoms with Crippen molar-refractivity contribution in [3.63, 3.8) is 0 Å². The van der Waals surface area contributed by atoms with E-state index in [4.69, 9.17) is 6.42 Å². The van der Waals surface area contributed by atoms with E-state index in [1.165, 1.54) is 32.4 Å². The van der Waals surface area contributed by atoms with E-state index in [9.17, 15) is 0 Å². The van der Waals surface area contributed by atoms with Gasteiger partial charge in [0.2, 0.25) is 0 Å². The van der Waals surface area contributed by atoms with Crippen molar-refractivity contribution in [3.8, 4) is 12.3 Å². The average molecular weight is 179 g/mol. The van der Waals surface area contributed by atoms with Crippen LogP contribution in [0.25, 0.3) is 0 Å². The molecule has 0 N–H and O–H groups in total. The molecule has 1 nitrogen and oxygen atoms in total. The van der Waals surface area contributed by atoms with Crippen LogP contribution >= 0.6 is 0 Å². The highest BCUT2D eigenvalue weighted by Gasteiger charge is 2.28. The molecule has 1 heterocycles. The van der Waals surface area contributed by atoms with E-state index < -0.39 is 0 Å². The van der Waals surface area contributed by atoms with E-state index in [0.717, 1.165) is 13.0 Å². The summed E-state index contributed by atoms with van der Waals surface area (Å²) in [5.41, 5.74) is 0.548. The number of piperidine rings is 1. The van der Waals surface area contributed by atoms with Crippen molar-refractivity contribution >= 4 is 0 Å². The van der Waals surface area contributed by atoms with E-state index in [1.807, 2.05) is 0 Å². The highest BCUT2D eigenvalue weighted by molar-refractivity contribution is 4.88. The van der Waals surface area contributed by atoms with Crippen LogP contribution in [0.1, 0.15) is 39.5 Å². The van der Waals surface area contributed by atoms with Gasteiger partial charge in [-0.2, -0.15) is 0 Å². The molecule has 0 radical (unpaired) electrons. The molecule has 1 aliphatic heterocycles. The number of hydrogen-bond donors (Lipinski definition) is 0. The quantitative estimate of drug-likeness (QED) is 0.602. The largest absolute Gasteiger partial charge is 0.302 e. The van der Waals surface area contributed by atoms with Gasteiger partial charge in [0.05, 0.1) is 0 Å². The van der Waals surface area contributed by atoms with E-state index in [0.29, 0.717) is 5.41 Å². The molecule has 0 amide bonds. The number of likely N-dealkylation sites (tertiary alicyclic amines) is 1. The fourth-order valence-corrected chi connectivity index (χ4v) is 2.13. The number of nitrogens with zero attached hydrogens (tertiary/aromatic N) is 1. The summed E-state index contributed by atoms with van der Waals surface area (Å²) in [5.74, 6) is 2.72. The van der Waals surface area contributed by atoms with Gasteiger partial charge in [-0.25, -0.2) is 0 Å². The summed E-state index contributed by atoms with van der Waals surface area (Å²) in [6.07, 6.45) is 10.2. The van der Waals surface area contributed by atoms with Crippen LogP contribution in [-0.4, -0.2) is 24.5 Å². The van der Waals surface area contributed by atoms with Gasteiger partial charge in [0.15, 0.2) is 0 Å². The Bertz CT molecular complexity index is 192. The van der Waals surface area contributed by atoms with Crippen LogP contribution in [0.2, 0.25) is 0 Å². The number of terminal acetylenes is 1. The molecular formula is C12H21N. The standard InChI is InChI=1S/C12H21N/c1-4-6-9-13-10-7-8-12(3,5-2)11-13/h1H,5-11H2,2-3H3. The normalized spacial score (nSPS) is 29.9. The summed E-state index contributed by atoms with van der Waals surface area (Å²) in [5, 5.41) is 0. The van der Waals surface area contributed by atoms with Crippen LogP contribution in [0.3, 0.4) is 0 Å². The van der Waals surface area contributed by atoms with Crippen molar-refractivity contribution in [3.05, 3.63) is 0 Å². The maximum atomic E-state index is 5.27. The zero-order valence-electron chi connectivity index (χ0n) is 8.97.